The van der Waals surface area contributed by atoms with Crippen LogP contribution in [-0.2, 0) is 4.79 Å². The second-order valence-electron chi connectivity index (χ2n) is 4.03. The van der Waals surface area contributed by atoms with Crippen LogP contribution in [0.2, 0.25) is 0 Å². The molecule has 0 aromatic carbocycles. The maximum absolute atomic E-state index is 11.8. The zero-order chi connectivity index (χ0) is 10.7. The van der Waals surface area contributed by atoms with Gasteiger partial charge in [0.25, 0.3) is 0 Å². The minimum absolute atomic E-state index is 0.00523. The first-order valence-electron chi connectivity index (χ1n) is 5.32. The van der Waals surface area contributed by atoms with E-state index in [0.717, 1.165) is 25.7 Å². The van der Waals surface area contributed by atoms with E-state index in [2.05, 4.69) is 15.5 Å². The van der Waals surface area contributed by atoms with Gasteiger partial charge < -0.3 is 11.1 Å². The Morgan fingerprint density at radius 3 is 3.00 bits per heavy atom. The number of nitrogens with two attached hydrogens (primary N) is 1. The molecule has 5 nitrogen and oxygen atoms in total. The first kappa shape index (κ1) is 10.2. The molecule has 4 N–H and O–H groups in total. The predicted molar refractivity (Wildman–Crippen MR) is 57.2 cm³/mol. The molecule has 1 heterocycles. The molecular weight excluding hydrogens is 192 g/mol. The summed E-state index contributed by atoms with van der Waals surface area (Å²) in [6.07, 6.45) is 7.32. The number of rotatable bonds is 2. The highest BCUT2D eigenvalue weighted by Crippen LogP contribution is 2.24. The Bertz CT molecular complexity index is 322. The third-order valence-electron chi connectivity index (χ3n) is 2.92. The van der Waals surface area contributed by atoms with Crippen molar-refractivity contribution in [2.45, 2.75) is 31.7 Å². The van der Waals surface area contributed by atoms with Crippen molar-refractivity contribution in [2.75, 3.05) is 5.32 Å². The second-order valence-corrected chi connectivity index (χ2v) is 4.03. The molecule has 2 rings (SSSR count). The molecule has 1 amide bonds. The fourth-order valence-corrected chi connectivity index (χ4v) is 2.04. The summed E-state index contributed by atoms with van der Waals surface area (Å²) < 4.78 is 0. The Labute approximate surface area is 88.4 Å². The highest BCUT2D eigenvalue weighted by atomic mass is 16.1. The first-order valence-corrected chi connectivity index (χ1v) is 5.32. The number of H-pyrrole nitrogens is 1. The summed E-state index contributed by atoms with van der Waals surface area (Å²) in [5.74, 6) is -0.0303. The van der Waals surface area contributed by atoms with E-state index in [4.69, 9.17) is 5.73 Å². The summed E-state index contributed by atoms with van der Waals surface area (Å²) in [4.78, 5) is 11.8. The average molecular weight is 208 g/mol. The fourth-order valence-electron chi connectivity index (χ4n) is 2.04. The van der Waals surface area contributed by atoms with Crippen molar-refractivity contribution < 1.29 is 4.79 Å². The summed E-state index contributed by atoms with van der Waals surface area (Å²) in [6, 6.07) is 0.00523. The Morgan fingerprint density at radius 1 is 1.53 bits per heavy atom. The number of carbonyl (C=O) groups is 1. The number of aromatic amines is 1. The largest absolute Gasteiger partial charge is 0.327 e. The molecule has 2 unspecified atom stereocenters. The topological polar surface area (TPSA) is 83.8 Å². The van der Waals surface area contributed by atoms with Gasteiger partial charge in [-0.3, -0.25) is 9.89 Å². The highest BCUT2D eigenvalue weighted by Gasteiger charge is 2.28. The molecule has 82 valence electrons. The van der Waals surface area contributed by atoms with Gasteiger partial charge in [0, 0.05) is 12.2 Å². The van der Waals surface area contributed by atoms with Crippen LogP contribution in [0.4, 0.5) is 5.69 Å². The molecule has 15 heavy (non-hydrogen) atoms. The van der Waals surface area contributed by atoms with Crippen LogP contribution in [0, 0.1) is 5.92 Å². The average Bonchev–Trinajstić information content (AvgIpc) is 2.71. The van der Waals surface area contributed by atoms with Crippen LogP contribution >= 0.6 is 0 Å². The van der Waals surface area contributed by atoms with Gasteiger partial charge in [0.15, 0.2) is 0 Å². The van der Waals surface area contributed by atoms with Gasteiger partial charge >= 0.3 is 0 Å². The Kier molecular flexibility index (Phi) is 3.01. The van der Waals surface area contributed by atoms with Crippen LogP contribution in [0.25, 0.3) is 0 Å². The zero-order valence-corrected chi connectivity index (χ0v) is 8.57. The molecule has 1 aromatic rings. The van der Waals surface area contributed by atoms with Gasteiger partial charge in [-0.25, -0.2) is 0 Å². The van der Waals surface area contributed by atoms with Crippen LogP contribution < -0.4 is 11.1 Å². The Balaban J connectivity index is 1.95. The van der Waals surface area contributed by atoms with Gasteiger partial charge in [0.2, 0.25) is 5.91 Å². The van der Waals surface area contributed by atoms with Gasteiger partial charge in [-0.1, -0.05) is 12.8 Å². The molecule has 5 heteroatoms. The van der Waals surface area contributed by atoms with Crippen LogP contribution in [0.5, 0.6) is 0 Å². The van der Waals surface area contributed by atoms with Crippen molar-refractivity contribution in [1.29, 1.82) is 0 Å². The van der Waals surface area contributed by atoms with E-state index in [-0.39, 0.29) is 17.9 Å². The monoisotopic (exact) mass is 208 g/mol. The third kappa shape index (κ3) is 2.36. The number of anilines is 1. The van der Waals surface area contributed by atoms with E-state index in [1.54, 1.807) is 12.4 Å². The molecule has 1 aliphatic carbocycles. The normalized spacial score (nSPS) is 26.2. The number of hydrogen-bond acceptors (Lipinski definition) is 3. The van der Waals surface area contributed by atoms with Crippen molar-refractivity contribution in [3.63, 3.8) is 0 Å². The van der Waals surface area contributed by atoms with E-state index < -0.39 is 0 Å². The zero-order valence-electron chi connectivity index (χ0n) is 8.57. The van der Waals surface area contributed by atoms with E-state index in [0.29, 0.717) is 5.69 Å². The van der Waals surface area contributed by atoms with Gasteiger partial charge in [-0.05, 0) is 12.8 Å². The maximum atomic E-state index is 11.8. The SMILES string of the molecule is NC1CCCCC1C(=O)Nc1cn[nH]c1. The lowest BCUT2D eigenvalue weighted by Gasteiger charge is -2.27. The lowest BCUT2D eigenvalue weighted by Crippen LogP contribution is -2.40. The van der Waals surface area contributed by atoms with Crippen LogP contribution in [-0.4, -0.2) is 22.1 Å². The van der Waals surface area contributed by atoms with Crippen molar-refractivity contribution in [2.24, 2.45) is 11.7 Å². The molecule has 0 bridgehead atoms. The molecule has 0 spiro atoms. The lowest BCUT2D eigenvalue weighted by molar-refractivity contribution is -0.121. The van der Waals surface area contributed by atoms with Crippen molar-refractivity contribution in [1.82, 2.24) is 10.2 Å². The van der Waals surface area contributed by atoms with E-state index in [1.807, 2.05) is 0 Å². The highest BCUT2D eigenvalue weighted by molar-refractivity contribution is 5.92. The number of aromatic nitrogens is 2. The van der Waals surface area contributed by atoms with Crippen LogP contribution in [0.15, 0.2) is 12.4 Å². The van der Waals surface area contributed by atoms with Crippen molar-refractivity contribution in [3.05, 3.63) is 12.4 Å². The molecular formula is C10H16N4O. The molecule has 0 aliphatic heterocycles. The van der Waals surface area contributed by atoms with E-state index in [1.165, 1.54) is 0 Å². The fraction of sp³-hybridized carbons (Fsp3) is 0.600. The number of hydrogen-bond donors (Lipinski definition) is 3. The summed E-state index contributed by atoms with van der Waals surface area (Å²) in [6.45, 7) is 0. The maximum Gasteiger partial charge on any atom is 0.229 e. The summed E-state index contributed by atoms with van der Waals surface area (Å²) >= 11 is 0. The molecule has 0 radical (unpaired) electrons. The first-order chi connectivity index (χ1) is 7.27. The number of nitrogens with zero attached hydrogens (tertiary/aromatic N) is 1. The second kappa shape index (κ2) is 4.44. The van der Waals surface area contributed by atoms with E-state index in [9.17, 15) is 4.79 Å². The molecule has 1 aromatic heterocycles. The van der Waals surface area contributed by atoms with Crippen molar-refractivity contribution >= 4 is 11.6 Å². The Morgan fingerprint density at radius 2 is 2.33 bits per heavy atom. The van der Waals surface area contributed by atoms with Gasteiger partial charge in [-0.15, -0.1) is 0 Å². The summed E-state index contributed by atoms with van der Waals surface area (Å²) in [5.41, 5.74) is 6.63. The minimum Gasteiger partial charge on any atom is -0.327 e. The standard InChI is InChI=1S/C10H16N4O/c11-9-4-2-1-3-8(9)10(15)14-7-5-12-13-6-7/h5-6,8-9H,1-4,11H2,(H,12,13)(H,14,15). The third-order valence-corrected chi connectivity index (χ3v) is 2.92. The smallest absolute Gasteiger partial charge is 0.229 e. The molecule has 0 saturated heterocycles. The number of nitrogens with one attached hydrogen (secondary N) is 2. The molecule has 2 atom stereocenters. The van der Waals surface area contributed by atoms with Crippen molar-refractivity contribution in [3.8, 4) is 0 Å². The Hall–Kier alpha value is -1.36. The molecule has 1 aliphatic rings. The van der Waals surface area contributed by atoms with Gasteiger partial charge in [0.1, 0.15) is 0 Å². The molecule has 1 fully saturated rings. The van der Waals surface area contributed by atoms with Gasteiger partial charge in [-0.2, -0.15) is 5.10 Å². The quantitative estimate of drug-likeness (QED) is 0.674. The predicted octanol–water partition coefficient (Wildman–Crippen LogP) is 0.866. The van der Waals surface area contributed by atoms with Crippen LogP contribution in [0.3, 0.4) is 0 Å². The number of amides is 1. The van der Waals surface area contributed by atoms with E-state index >= 15 is 0 Å². The van der Waals surface area contributed by atoms with Crippen LogP contribution in [0.1, 0.15) is 25.7 Å². The lowest BCUT2D eigenvalue weighted by atomic mass is 9.84. The minimum atomic E-state index is -0.0475. The summed E-state index contributed by atoms with van der Waals surface area (Å²) in [7, 11) is 0. The summed E-state index contributed by atoms with van der Waals surface area (Å²) in [5, 5.41) is 9.23. The molecule has 1 saturated carbocycles. The number of carbonyl (C=O) groups excluding carboxylic acids is 1. The van der Waals surface area contributed by atoms with Gasteiger partial charge in [0.05, 0.1) is 17.8 Å².